The Morgan fingerprint density at radius 2 is 1.19 bits per heavy atom. The molecule has 0 aromatic carbocycles. The lowest BCUT2D eigenvalue weighted by atomic mass is 9.79. The van der Waals surface area contributed by atoms with Gasteiger partial charge in [-0.15, -0.1) is 0 Å². The van der Waals surface area contributed by atoms with Crippen molar-refractivity contribution in [3.63, 3.8) is 0 Å². The van der Waals surface area contributed by atoms with E-state index in [0.29, 0.717) is 45.1 Å². The van der Waals surface area contributed by atoms with Crippen LogP contribution in [0.4, 0.5) is 0 Å². The summed E-state index contributed by atoms with van der Waals surface area (Å²) in [6, 6.07) is 0.590. The zero-order valence-corrected chi connectivity index (χ0v) is 36.0. The van der Waals surface area contributed by atoms with Gasteiger partial charge in [0.15, 0.2) is 0 Å². The third-order valence-corrected chi connectivity index (χ3v) is 11.1. The van der Waals surface area contributed by atoms with Crippen LogP contribution in [0.15, 0.2) is 20.0 Å². The van der Waals surface area contributed by atoms with Gasteiger partial charge < -0.3 is 32.3 Å². The van der Waals surface area contributed by atoms with Crippen molar-refractivity contribution in [3.05, 3.63) is 0 Å². The maximum atomic E-state index is 6.24. The quantitative estimate of drug-likeness (QED) is 0.116. The van der Waals surface area contributed by atoms with Crippen molar-refractivity contribution in [3.8, 4) is 0 Å². The predicted octanol–water partition coefficient (Wildman–Crippen LogP) is 3.95. The number of guanidine groups is 1. The maximum Gasteiger partial charge on any atom is 0.219 e. The van der Waals surface area contributed by atoms with Gasteiger partial charge in [0.2, 0.25) is 5.96 Å². The van der Waals surface area contributed by atoms with Crippen molar-refractivity contribution in [2.45, 2.75) is 174 Å². The molecule has 310 valence electrons. The first-order valence-corrected chi connectivity index (χ1v) is 21.2. The van der Waals surface area contributed by atoms with E-state index in [1.165, 1.54) is 0 Å². The average molecular weight is 757 g/mol. The van der Waals surface area contributed by atoms with Gasteiger partial charge in [-0.1, -0.05) is 26.7 Å². The summed E-state index contributed by atoms with van der Waals surface area (Å²) in [5.74, 6) is 1.95. The van der Waals surface area contributed by atoms with Crippen LogP contribution in [-0.4, -0.2) is 149 Å². The summed E-state index contributed by atoms with van der Waals surface area (Å²) in [5, 5.41) is 21.7. The number of nitrogens with two attached hydrogens (primary N) is 2. The van der Waals surface area contributed by atoms with Crippen LogP contribution in [0.25, 0.3) is 0 Å². The Morgan fingerprint density at radius 3 is 1.69 bits per heavy atom. The number of piperidine rings is 2. The van der Waals surface area contributed by atoms with Crippen LogP contribution in [0.3, 0.4) is 0 Å². The number of rotatable bonds is 20. The summed E-state index contributed by atoms with van der Waals surface area (Å²) in [4.78, 5) is 22.2. The van der Waals surface area contributed by atoms with Crippen molar-refractivity contribution >= 4 is 24.5 Å². The van der Waals surface area contributed by atoms with Crippen molar-refractivity contribution < 1.29 is 0 Å². The second kappa shape index (κ2) is 19.8. The number of hydrazine groups is 2. The Hall–Kier alpha value is -2.20. The summed E-state index contributed by atoms with van der Waals surface area (Å²) in [7, 11) is 0. The molecule has 4 aliphatic rings. The number of unbranched alkanes of at least 4 members (excludes halogenated alkanes) is 2. The van der Waals surface area contributed by atoms with E-state index in [0.717, 1.165) is 102 Å². The lowest BCUT2D eigenvalue weighted by molar-refractivity contribution is -0.0525. The Kier molecular flexibility index (Phi) is 16.3. The van der Waals surface area contributed by atoms with E-state index in [-0.39, 0.29) is 28.2 Å². The molecule has 0 aromatic rings. The van der Waals surface area contributed by atoms with Crippen LogP contribution >= 0.6 is 0 Å². The molecule has 2 saturated heterocycles. The first-order valence-electron chi connectivity index (χ1n) is 21.2. The zero-order chi connectivity index (χ0) is 39.6. The van der Waals surface area contributed by atoms with Crippen LogP contribution < -0.4 is 27.4 Å². The molecule has 0 bridgehead atoms. The molecule has 0 spiro atoms. The minimum atomic E-state index is -0.0998. The molecule has 4 heterocycles. The Bertz CT molecular complexity index is 1240. The fourth-order valence-electron chi connectivity index (χ4n) is 9.60. The van der Waals surface area contributed by atoms with Gasteiger partial charge in [-0.2, -0.15) is 0 Å². The normalized spacial score (nSPS) is 23.2. The van der Waals surface area contributed by atoms with Gasteiger partial charge in [0.1, 0.15) is 31.9 Å². The lowest BCUT2D eigenvalue weighted by Gasteiger charge is -2.53. The number of aliphatic imine (C=N–C) groups is 4. The lowest BCUT2D eigenvalue weighted by Crippen LogP contribution is -2.67. The molecule has 4 aliphatic heterocycles. The maximum absolute atomic E-state index is 6.24. The van der Waals surface area contributed by atoms with E-state index in [4.69, 9.17) is 31.4 Å². The first kappa shape index (κ1) is 44.5. The van der Waals surface area contributed by atoms with Crippen LogP contribution in [0.5, 0.6) is 0 Å². The molecule has 14 heteroatoms. The van der Waals surface area contributed by atoms with E-state index in [9.17, 15) is 0 Å². The van der Waals surface area contributed by atoms with Crippen LogP contribution in [0.1, 0.15) is 133 Å². The Balaban J connectivity index is 1.72. The molecule has 1 atom stereocenters. The largest absolute Gasteiger partial charge is 0.339 e. The molecule has 0 aromatic heterocycles. The van der Waals surface area contributed by atoms with E-state index in [1.54, 1.807) is 12.7 Å². The van der Waals surface area contributed by atoms with Gasteiger partial charge in [-0.25, -0.2) is 20.0 Å². The van der Waals surface area contributed by atoms with Gasteiger partial charge in [-0.05, 0) is 126 Å². The molecule has 14 nitrogen and oxygen atoms in total. The molecular weight excluding hydrogens is 677 g/mol. The van der Waals surface area contributed by atoms with Crippen molar-refractivity contribution in [1.29, 1.82) is 0 Å². The Labute approximate surface area is 329 Å². The molecule has 0 radical (unpaired) electrons. The minimum Gasteiger partial charge on any atom is -0.339 e. The summed E-state index contributed by atoms with van der Waals surface area (Å²) in [5.41, 5.74) is 12.3. The number of amidine groups is 1. The van der Waals surface area contributed by atoms with Crippen molar-refractivity contribution in [2.75, 3.05) is 59.2 Å². The number of nitrogens with one attached hydrogen (secondary N) is 3. The molecule has 4 rings (SSSR count). The van der Waals surface area contributed by atoms with Crippen molar-refractivity contribution in [2.24, 2.45) is 31.4 Å². The van der Waals surface area contributed by atoms with Crippen LogP contribution in [0, 0.1) is 0 Å². The van der Waals surface area contributed by atoms with Gasteiger partial charge in [-0.3, -0.25) is 20.0 Å². The molecule has 1 unspecified atom stereocenters. The molecule has 0 amide bonds. The van der Waals surface area contributed by atoms with Crippen LogP contribution in [0.2, 0.25) is 0 Å². The average Bonchev–Trinajstić information content (AvgIpc) is 3.07. The topological polar surface area (TPSA) is 154 Å². The zero-order valence-electron chi connectivity index (χ0n) is 36.0. The monoisotopic (exact) mass is 757 g/mol. The highest BCUT2D eigenvalue weighted by atomic mass is 15.7. The third-order valence-electron chi connectivity index (χ3n) is 11.1. The molecule has 54 heavy (non-hydrogen) atoms. The van der Waals surface area contributed by atoms with Gasteiger partial charge in [0.05, 0.1) is 6.04 Å². The molecule has 0 aliphatic carbocycles. The van der Waals surface area contributed by atoms with E-state index in [1.807, 2.05) is 0 Å². The summed E-state index contributed by atoms with van der Waals surface area (Å²) in [6.07, 6.45) is 13.9. The second-order valence-electron chi connectivity index (χ2n) is 18.8. The van der Waals surface area contributed by atoms with Crippen molar-refractivity contribution in [1.82, 2.24) is 40.9 Å². The fraction of sp³-hybridized carbons (Fsp3) is 0.900. The van der Waals surface area contributed by atoms with Gasteiger partial charge in [0.25, 0.3) is 0 Å². The second-order valence-corrected chi connectivity index (χ2v) is 18.8. The molecule has 2 fully saturated rings. The number of hydrogen-bond acceptors (Lipinski definition) is 14. The first-order chi connectivity index (χ1) is 25.5. The number of hydrogen-bond donors (Lipinski definition) is 5. The van der Waals surface area contributed by atoms with Crippen LogP contribution in [-0.2, 0) is 0 Å². The minimum absolute atomic E-state index is 0.0110. The number of nitrogens with zero attached hydrogens (tertiary/aromatic N) is 9. The molecule has 0 saturated carbocycles. The third kappa shape index (κ3) is 12.7. The highest BCUT2D eigenvalue weighted by Gasteiger charge is 2.45. The van der Waals surface area contributed by atoms with E-state index < -0.39 is 0 Å². The SMILES string of the molecule is CCCCN(C1CC(C)(C)NC(C)(C)C1)N1CN=CN=C1C(CN(CCCN)C1=NC=NCN1N(CCCC)C1CC(C)(C)NC(C)(C)C1)NCCCN. The Morgan fingerprint density at radius 1 is 0.704 bits per heavy atom. The summed E-state index contributed by atoms with van der Waals surface area (Å²) >= 11 is 0. The summed E-state index contributed by atoms with van der Waals surface area (Å²) in [6.45, 7) is 29.7. The smallest absolute Gasteiger partial charge is 0.219 e. The van der Waals surface area contributed by atoms with E-state index >= 15 is 0 Å². The predicted molar refractivity (Wildman–Crippen MR) is 228 cm³/mol. The highest BCUT2D eigenvalue weighted by molar-refractivity contribution is 5.95. The van der Waals surface area contributed by atoms with E-state index in [2.05, 4.69) is 110 Å². The molecular formula is C40H80N14. The van der Waals surface area contributed by atoms with Gasteiger partial charge >= 0.3 is 0 Å². The summed E-state index contributed by atoms with van der Waals surface area (Å²) < 4.78 is 0. The fourth-order valence-corrected chi connectivity index (χ4v) is 9.60. The van der Waals surface area contributed by atoms with Gasteiger partial charge in [0, 0.05) is 60.4 Å². The highest BCUT2D eigenvalue weighted by Crippen LogP contribution is 2.35. The standard InChI is InChI=1S/C40H80N14/c1-11-13-21-51(32-23-37(3,4)48-38(5,6)24-32)53-30-43-28-46-35(53)34(45-19-15-17-41)27-50(20-16-18-42)36-47-29-44-31-54(36)52(22-14-12-2)33-25-39(7,8)49-40(9,10)26-33/h28-29,32-34,45,48-49H,11-27,30-31,41-42H2,1-10H3. The molecule has 7 N–H and O–H groups in total.